The maximum Gasteiger partial charge on any atom is 0.134 e. The molecule has 8 rings (SSSR count). The van der Waals surface area contributed by atoms with Crippen molar-refractivity contribution >= 4 is 21.9 Å². The van der Waals surface area contributed by atoms with E-state index in [0.717, 1.165) is 22.4 Å². The summed E-state index contributed by atoms with van der Waals surface area (Å²) in [6.07, 6.45) is 1.93. The molecule has 0 bridgehead atoms. The smallest absolute Gasteiger partial charge is 0.134 e. The van der Waals surface area contributed by atoms with Gasteiger partial charge in [0.2, 0.25) is 0 Å². The molecule has 0 aliphatic carbocycles. The van der Waals surface area contributed by atoms with Crippen molar-refractivity contribution in [2.45, 2.75) is 53.3 Å². The van der Waals surface area contributed by atoms with Crippen LogP contribution in [-0.2, 0) is 31.9 Å². The Kier molecular flexibility index (Phi) is 10.6. The van der Waals surface area contributed by atoms with Crippen LogP contribution < -0.4 is 0 Å². The molecule has 1 radical (unpaired) electrons. The molecule has 5 heteroatoms. The fraction of sp³-hybridized carbons (Fsp3) is 0.184. The van der Waals surface area contributed by atoms with E-state index in [1.807, 2.05) is 124 Å². The van der Waals surface area contributed by atoms with Gasteiger partial charge in [0, 0.05) is 40.6 Å². The second-order valence-electron chi connectivity index (χ2n) is 15.2. The summed E-state index contributed by atoms with van der Waals surface area (Å²) >= 11 is 0. The fourth-order valence-corrected chi connectivity index (χ4v) is 6.34. The van der Waals surface area contributed by atoms with Gasteiger partial charge in [-0.25, -0.2) is 4.39 Å². The first kappa shape index (κ1) is 35.8. The number of halogens is 1. The number of hydrogen-bond acceptors (Lipinski definition) is 3. The zero-order valence-electron chi connectivity index (χ0n) is 33.3. The minimum absolute atomic E-state index is 0. The van der Waals surface area contributed by atoms with Gasteiger partial charge in [-0.1, -0.05) is 138 Å². The van der Waals surface area contributed by atoms with E-state index in [9.17, 15) is 0 Å². The first-order valence-electron chi connectivity index (χ1n) is 18.8. The first-order valence-corrected chi connectivity index (χ1v) is 17.8. The Bertz CT molecular complexity index is 2560. The number of pyridine rings is 2. The summed E-state index contributed by atoms with van der Waals surface area (Å²) in [7, 11) is 0. The molecule has 54 heavy (non-hydrogen) atoms. The monoisotopic (exact) mass is 889 g/mol. The molecule has 273 valence electrons. The van der Waals surface area contributed by atoms with Crippen LogP contribution in [0.4, 0.5) is 4.39 Å². The van der Waals surface area contributed by atoms with E-state index in [2.05, 4.69) is 55.0 Å². The van der Waals surface area contributed by atoms with Gasteiger partial charge >= 0.3 is 0 Å². The van der Waals surface area contributed by atoms with E-state index < -0.39 is 17.6 Å². The van der Waals surface area contributed by atoms with E-state index in [1.165, 1.54) is 11.6 Å². The predicted octanol–water partition coefficient (Wildman–Crippen LogP) is 13.4. The third kappa shape index (κ3) is 8.44. The van der Waals surface area contributed by atoms with Crippen molar-refractivity contribution in [3.8, 4) is 44.8 Å². The zero-order valence-corrected chi connectivity index (χ0v) is 33.7. The molecule has 0 amide bonds. The number of hydrogen-bond donors (Lipinski definition) is 0. The molecule has 0 saturated carbocycles. The largest absolute Gasteiger partial charge is 0.500 e. The Morgan fingerprint density at radius 3 is 2.02 bits per heavy atom. The summed E-state index contributed by atoms with van der Waals surface area (Å²) in [4.78, 5) is 8.97. The molecule has 0 atom stereocenters. The summed E-state index contributed by atoms with van der Waals surface area (Å²) < 4.78 is 40.2. The summed E-state index contributed by atoms with van der Waals surface area (Å²) in [5.74, 6) is -0.405. The van der Waals surface area contributed by atoms with Gasteiger partial charge in [0.1, 0.15) is 11.4 Å². The normalized spacial score (nSPS) is 12.4. The van der Waals surface area contributed by atoms with Crippen molar-refractivity contribution in [3.05, 3.63) is 169 Å². The van der Waals surface area contributed by atoms with Gasteiger partial charge in [-0.3, -0.25) is 0 Å². The third-order valence-corrected chi connectivity index (χ3v) is 8.99. The van der Waals surface area contributed by atoms with E-state index in [4.69, 9.17) is 7.16 Å². The quantitative estimate of drug-likeness (QED) is 0.162. The molecule has 3 nitrogen and oxygen atoms in total. The van der Waals surface area contributed by atoms with E-state index in [1.54, 1.807) is 18.3 Å². The van der Waals surface area contributed by atoms with E-state index >= 15 is 4.39 Å². The van der Waals surface area contributed by atoms with Gasteiger partial charge < -0.3 is 14.4 Å². The van der Waals surface area contributed by atoms with Crippen LogP contribution in [-0.4, -0.2) is 9.97 Å². The Morgan fingerprint density at radius 1 is 0.685 bits per heavy atom. The molecule has 0 saturated heterocycles. The average Bonchev–Trinajstić information content (AvgIpc) is 3.57. The SMILES string of the molecule is CC(C)(C)c1ccc(-c2[c-]cccc2)nc1.[2H]C([2H])(c1c[c-]c(-c2ccccn2)c2oc3c(-c4ccc(-c5ccccc5)cc4)c(F)ccc3c12)C(C)(C)C.[Ir]. The minimum Gasteiger partial charge on any atom is -0.500 e. The standard InChI is InChI=1S/C34H27FNO.C15H16N.Ir/c1-34(2,3)21-25-16-17-26(29-11-7-8-20-36-29)32-30(25)27-18-19-28(35)31(33(27)37-32)24-14-12-23(13-15-24)22-9-5-4-6-10-22;1-15(2,3)13-9-10-14(16-11-13)12-7-5-4-6-8-12;/h4-16,18-20H,21H2,1-3H3;4-7,9-11H,1-3H3;/q2*-1;/i21D2;;. The van der Waals surface area contributed by atoms with Gasteiger partial charge in [-0.2, -0.15) is 0 Å². The molecular weight excluding hydrogens is 844 g/mol. The number of aromatic nitrogens is 2. The van der Waals surface area contributed by atoms with Crippen molar-refractivity contribution in [3.63, 3.8) is 0 Å². The van der Waals surface area contributed by atoms with Gasteiger partial charge in [0.05, 0.1) is 11.1 Å². The van der Waals surface area contributed by atoms with Crippen LogP contribution >= 0.6 is 0 Å². The fourth-order valence-electron chi connectivity index (χ4n) is 6.34. The minimum atomic E-state index is -1.72. The Morgan fingerprint density at radius 2 is 1.39 bits per heavy atom. The first-order chi connectivity index (χ1) is 26.2. The average molecular weight is 889 g/mol. The molecule has 0 spiro atoms. The van der Waals surface area contributed by atoms with Gasteiger partial charge in [0.25, 0.3) is 0 Å². The van der Waals surface area contributed by atoms with Crippen LogP contribution in [0.1, 0.15) is 55.4 Å². The molecule has 3 heterocycles. The molecule has 0 aliphatic rings. The molecule has 0 fully saturated rings. The molecule has 8 aromatic rings. The van der Waals surface area contributed by atoms with Crippen LogP contribution in [0.3, 0.4) is 0 Å². The maximum atomic E-state index is 15.6. The van der Waals surface area contributed by atoms with Crippen molar-refractivity contribution in [2.75, 3.05) is 0 Å². The van der Waals surface area contributed by atoms with Crippen LogP contribution in [0.25, 0.3) is 66.7 Å². The number of furan rings is 1. The van der Waals surface area contributed by atoms with Crippen LogP contribution in [0.5, 0.6) is 0 Å². The zero-order chi connectivity index (χ0) is 39.0. The molecule has 5 aromatic carbocycles. The summed E-state index contributed by atoms with van der Waals surface area (Å²) in [6, 6.07) is 46.7. The predicted molar refractivity (Wildman–Crippen MR) is 217 cm³/mol. The number of rotatable bonds is 5. The molecular formula is C49H43FIrN2O-2. The van der Waals surface area contributed by atoms with Crippen molar-refractivity contribution < 1.29 is 31.7 Å². The molecule has 0 N–H and O–H groups in total. The second-order valence-corrected chi connectivity index (χ2v) is 15.2. The number of fused-ring (bicyclic) bond motifs is 3. The van der Waals surface area contributed by atoms with Crippen molar-refractivity contribution in [1.29, 1.82) is 0 Å². The Labute approximate surface area is 334 Å². The summed E-state index contributed by atoms with van der Waals surface area (Å²) in [5.41, 5.74) is 8.41. The van der Waals surface area contributed by atoms with E-state index in [-0.39, 0.29) is 25.5 Å². The van der Waals surface area contributed by atoms with Crippen LogP contribution in [0, 0.1) is 23.4 Å². The van der Waals surface area contributed by atoms with Gasteiger partial charge in [0.15, 0.2) is 0 Å². The topological polar surface area (TPSA) is 38.9 Å². The van der Waals surface area contributed by atoms with E-state index in [0.29, 0.717) is 49.9 Å². The summed E-state index contributed by atoms with van der Waals surface area (Å²) in [6.45, 7) is 12.2. The second kappa shape index (κ2) is 16.0. The molecule has 0 aliphatic heterocycles. The summed E-state index contributed by atoms with van der Waals surface area (Å²) in [5, 5.41) is 1.27. The van der Waals surface area contributed by atoms with Gasteiger partial charge in [-0.05, 0) is 62.7 Å². The Hall–Kier alpha value is -5.22. The number of nitrogens with zero attached hydrogens (tertiary/aromatic N) is 2. The van der Waals surface area contributed by atoms with Crippen molar-refractivity contribution in [2.24, 2.45) is 5.41 Å². The van der Waals surface area contributed by atoms with Crippen LogP contribution in [0.2, 0.25) is 0 Å². The molecule has 3 aromatic heterocycles. The maximum absolute atomic E-state index is 15.6. The third-order valence-electron chi connectivity index (χ3n) is 8.99. The molecule has 0 unspecified atom stereocenters. The Balaban J connectivity index is 0.000000263. The number of benzene rings is 5. The van der Waals surface area contributed by atoms with Gasteiger partial charge in [-0.15, -0.1) is 53.6 Å². The van der Waals surface area contributed by atoms with Crippen LogP contribution in [0.15, 0.2) is 144 Å². The van der Waals surface area contributed by atoms with Crippen molar-refractivity contribution in [1.82, 2.24) is 9.97 Å².